The number of nitrogens with zero attached hydrogens (tertiary/aromatic N) is 8. The number of carbonyl (C=O) groups is 7. The number of amides is 3. The van der Waals surface area contributed by atoms with Gasteiger partial charge in [0.2, 0.25) is 17.7 Å². The van der Waals surface area contributed by atoms with E-state index in [0.29, 0.717) is 93.3 Å². The van der Waals surface area contributed by atoms with Crippen LogP contribution in [-0.4, -0.2) is 193 Å². The molecule has 12 rings (SSSR count). The number of esters is 4. The minimum absolute atomic E-state index is 0.156. The summed E-state index contributed by atoms with van der Waals surface area (Å²) in [6.07, 6.45) is 20.0. The zero-order valence-electron chi connectivity index (χ0n) is 66.4. The summed E-state index contributed by atoms with van der Waals surface area (Å²) < 4.78 is 20.9. The predicted molar refractivity (Wildman–Crippen MR) is 433 cm³/mol. The molecule has 584 valence electrons. The molecule has 23 nitrogen and oxygen atoms in total. The number of rotatable bonds is 27. The van der Waals surface area contributed by atoms with Crippen molar-refractivity contribution in [1.29, 1.82) is 0 Å². The monoisotopic (exact) mass is 1490 g/mol. The van der Waals surface area contributed by atoms with Crippen molar-refractivity contribution in [3.8, 4) is 0 Å². The maximum Gasteiger partial charge on any atom is 0.341 e. The fourth-order valence-electron chi connectivity index (χ4n) is 15.0. The summed E-state index contributed by atoms with van der Waals surface area (Å²) in [5.74, 6) is -0.817. The summed E-state index contributed by atoms with van der Waals surface area (Å²) in [7, 11) is 0. The molecular formula is C86H114N12O11. The molecule has 4 saturated heterocycles. The van der Waals surface area contributed by atoms with Crippen LogP contribution < -0.4 is 21.3 Å². The first-order valence-electron chi connectivity index (χ1n) is 39.4. The van der Waals surface area contributed by atoms with E-state index in [1.54, 1.807) is 45.6 Å². The van der Waals surface area contributed by atoms with E-state index in [-0.39, 0.29) is 35.6 Å². The molecule has 0 spiro atoms. The predicted octanol–water partition coefficient (Wildman–Crippen LogP) is 15.1. The van der Waals surface area contributed by atoms with Crippen LogP contribution in [0.25, 0.3) is 43.6 Å². The Morgan fingerprint density at radius 3 is 1.00 bits per heavy atom. The fraction of sp³-hybridized carbons (Fsp3) is 0.500. The number of fused-ring (bicyclic) bond motifs is 4. The lowest BCUT2D eigenvalue weighted by Gasteiger charge is -2.26. The van der Waals surface area contributed by atoms with Gasteiger partial charge in [-0.1, -0.05) is 52.9 Å². The number of aromatic nitrogens is 4. The zero-order valence-corrected chi connectivity index (χ0v) is 66.4. The molecule has 4 fully saturated rings. The zero-order chi connectivity index (χ0) is 78.1. The molecule has 0 bridgehead atoms. The highest BCUT2D eigenvalue weighted by molar-refractivity contribution is 6.09. The van der Waals surface area contributed by atoms with Crippen LogP contribution in [0.5, 0.6) is 0 Å². The third-order valence-electron chi connectivity index (χ3n) is 20.1. The Balaban J connectivity index is 0.000000167. The highest BCUT2D eigenvalue weighted by Gasteiger charge is 2.26. The summed E-state index contributed by atoms with van der Waals surface area (Å²) in [6, 6.07) is 16.6. The quantitative estimate of drug-likeness (QED) is 0.0212. The standard InChI is InChI=1S/C22H29N3O3.C22H31N3O2.2C21H27N3O3/c1-4-28-22(27)18-14-24-20-16(3)12-15(2)13-17(20)21(18)23-9-7-11-25-10-6-5-8-19(25)26;1-4-27-22(26)19-15-24-20-17(3)13-16(2)14-18(20)21(19)23-9-8-12-25-10-6-5-7-11-25;1-4-27-21(26)17-13-23-19-15(3)11-14(2)12-16(19)20(17)22-8-6-10-24-9-5-7-18(24)25;1-4-27-21(26)17-13-23-19-15(3)11-14(2)12-16(19)20(17)22-8-7-18(25)24-9-5-6-10-24/h12-14H,4-11H2,1-3H3,(H,23,24);13-15H,4-12H2,1-3H3,(H,23,24);2*11-13H,4-10H2,1-3H3,(H,22,23). The Morgan fingerprint density at radius 2 is 0.670 bits per heavy atom. The van der Waals surface area contributed by atoms with E-state index >= 15 is 0 Å². The summed E-state index contributed by atoms with van der Waals surface area (Å²) in [5, 5.41) is 17.4. The van der Waals surface area contributed by atoms with Crippen molar-refractivity contribution in [2.45, 2.75) is 173 Å². The van der Waals surface area contributed by atoms with Crippen LogP contribution in [0.2, 0.25) is 0 Å². The van der Waals surface area contributed by atoms with Crippen molar-refractivity contribution >= 4 is 108 Å². The fourth-order valence-corrected chi connectivity index (χ4v) is 15.0. The molecule has 0 unspecified atom stereocenters. The second-order valence-corrected chi connectivity index (χ2v) is 28.8. The molecule has 109 heavy (non-hydrogen) atoms. The number of ether oxygens (including phenoxy) is 4. The average molecular weight is 1490 g/mol. The number of likely N-dealkylation sites (tertiary alicyclic amines) is 4. The summed E-state index contributed by atoms with van der Waals surface area (Å²) in [4.78, 5) is 112. The first-order chi connectivity index (χ1) is 52.6. The second kappa shape index (κ2) is 41.0. The minimum Gasteiger partial charge on any atom is -0.462 e. The van der Waals surface area contributed by atoms with E-state index in [0.717, 1.165) is 203 Å². The number of carbonyl (C=O) groups excluding carboxylic acids is 7. The number of benzene rings is 4. The van der Waals surface area contributed by atoms with Gasteiger partial charge in [-0.25, -0.2) is 19.2 Å². The van der Waals surface area contributed by atoms with Gasteiger partial charge in [-0.15, -0.1) is 0 Å². The Bertz CT molecular complexity index is 4530. The van der Waals surface area contributed by atoms with E-state index in [1.165, 1.54) is 37.9 Å². The van der Waals surface area contributed by atoms with Crippen LogP contribution >= 0.6 is 0 Å². The van der Waals surface area contributed by atoms with Gasteiger partial charge in [0.1, 0.15) is 22.3 Å². The van der Waals surface area contributed by atoms with Crippen LogP contribution in [-0.2, 0) is 33.3 Å². The molecule has 0 radical (unpaired) electrons. The largest absolute Gasteiger partial charge is 0.462 e. The van der Waals surface area contributed by atoms with E-state index in [2.05, 4.69) is 96.3 Å². The topological polar surface area (TPSA) is 269 Å². The van der Waals surface area contributed by atoms with Crippen molar-refractivity contribution < 1.29 is 52.5 Å². The number of aryl methyl sites for hydroxylation is 8. The molecule has 8 aromatic rings. The number of hydrogen-bond donors (Lipinski definition) is 4. The molecule has 0 aliphatic carbocycles. The van der Waals surface area contributed by atoms with Crippen LogP contribution in [0.4, 0.5) is 22.7 Å². The van der Waals surface area contributed by atoms with Crippen LogP contribution in [0.15, 0.2) is 73.3 Å². The third kappa shape index (κ3) is 22.3. The smallest absolute Gasteiger partial charge is 0.341 e. The van der Waals surface area contributed by atoms with Gasteiger partial charge >= 0.3 is 23.9 Å². The molecule has 0 saturated carbocycles. The first-order valence-corrected chi connectivity index (χ1v) is 39.4. The maximum absolute atomic E-state index is 12.4. The summed E-state index contributed by atoms with van der Waals surface area (Å²) in [6.45, 7) is 35.8. The summed E-state index contributed by atoms with van der Waals surface area (Å²) >= 11 is 0. The van der Waals surface area contributed by atoms with Crippen molar-refractivity contribution in [2.75, 3.05) is 133 Å². The van der Waals surface area contributed by atoms with Crippen molar-refractivity contribution in [2.24, 2.45) is 0 Å². The number of pyridine rings is 4. The van der Waals surface area contributed by atoms with Crippen LogP contribution in [0, 0.1) is 55.4 Å². The molecule has 23 heteroatoms. The summed E-state index contributed by atoms with van der Waals surface area (Å²) in [5.41, 5.74) is 17.3. The Labute approximate surface area is 642 Å². The average Bonchev–Trinajstić information content (AvgIpc) is 1.05. The molecule has 8 heterocycles. The Kier molecular flexibility index (Phi) is 31.2. The van der Waals surface area contributed by atoms with E-state index in [1.807, 2.05) is 75.3 Å². The van der Waals surface area contributed by atoms with Gasteiger partial charge in [-0.2, -0.15) is 0 Å². The second-order valence-electron chi connectivity index (χ2n) is 28.8. The highest BCUT2D eigenvalue weighted by Crippen LogP contribution is 2.35. The van der Waals surface area contributed by atoms with Gasteiger partial charge in [0.05, 0.1) is 71.2 Å². The molecule has 0 atom stereocenters. The van der Waals surface area contributed by atoms with Crippen LogP contribution in [0.3, 0.4) is 0 Å². The lowest BCUT2D eigenvalue weighted by molar-refractivity contribution is -0.133. The molecule has 4 N–H and O–H groups in total. The third-order valence-corrected chi connectivity index (χ3v) is 20.1. The minimum atomic E-state index is -0.403. The maximum atomic E-state index is 12.4. The molecule has 4 aromatic carbocycles. The lowest BCUT2D eigenvalue weighted by Crippen LogP contribution is -2.36. The normalized spacial score (nSPS) is 14.3. The van der Waals surface area contributed by atoms with E-state index in [4.69, 9.17) is 18.9 Å². The first kappa shape index (κ1) is 83.0. The van der Waals surface area contributed by atoms with Gasteiger partial charge in [-0.05, 0) is 213 Å². The molecule has 3 amide bonds. The van der Waals surface area contributed by atoms with Gasteiger partial charge in [0.25, 0.3) is 0 Å². The van der Waals surface area contributed by atoms with Gasteiger partial charge in [0, 0.05) is 131 Å². The number of hydrogen-bond acceptors (Lipinski definition) is 20. The molecule has 4 aromatic heterocycles. The number of piperidine rings is 2. The highest BCUT2D eigenvalue weighted by atomic mass is 16.5. The van der Waals surface area contributed by atoms with Gasteiger partial charge in [0.15, 0.2) is 0 Å². The number of anilines is 4. The van der Waals surface area contributed by atoms with Gasteiger partial charge in [-0.3, -0.25) is 34.3 Å². The van der Waals surface area contributed by atoms with Crippen molar-refractivity contribution in [1.82, 2.24) is 39.5 Å². The van der Waals surface area contributed by atoms with E-state index < -0.39 is 5.97 Å². The lowest BCUT2D eigenvalue weighted by atomic mass is 10.0. The molecule has 4 aliphatic rings. The van der Waals surface area contributed by atoms with Crippen LogP contribution in [0.1, 0.15) is 204 Å². The Hall–Kier alpha value is -10.0. The molecular weight excluding hydrogens is 1380 g/mol. The molecule has 4 aliphatic heterocycles. The van der Waals surface area contributed by atoms with E-state index in [9.17, 15) is 33.6 Å². The SMILES string of the molecule is CCOC(=O)c1cnc2c(C)cc(C)cc2c1NCCC(=O)N1CCCC1.CCOC(=O)c1cnc2c(C)cc(C)cc2c1NCCCN1CCCC1=O.CCOC(=O)c1cnc2c(C)cc(C)cc2c1NCCCN1CCCCC1.CCOC(=O)c1cnc2c(C)cc(C)cc2c1NCCCN1CCCCC1=O. The number of nitrogens with one attached hydrogen (secondary N) is 4. The van der Waals surface area contributed by atoms with Gasteiger partial charge < -0.3 is 59.8 Å². The Morgan fingerprint density at radius 1 is 0.367 bits per heavy atom. The van der Waals surface area contributed by atoms with Crippen molar-refractivity contribution in [3.05, 3.63) is 140 Å². The van der Waals surface area contributed by atoms with Crippen molar-refractivity contribution in [3.63, 3.8) is 0 Å².